The van der Waals surface area contributed by atoms with E-state index in [1.807, 2.05) is 19.9 Å². The third-order valence-electron chi connectivity index (χ3n) is 2.00. The number of rotatable bonds is 3. The van der Waals surface area contributed by atoms with E-state index < -0.39 is 0 Å². The van der Waals surface area contributed by atoms with Crippen molar-refractivity contribution < 1.29 is 9.53 Å². The second kappa shape index (κ2) is 3.67. The van der Waals surface area contributed by atoms with E-state index >= 15 is 0 Å². The van der Waals surface area contributed by atoms with Crippen LogP contribution in [0.3, 0.4) is 0 Å². The van der Waals surface area contributed by atoms with Crippen molar-refractivity contribution in [2.45, 2.75) is 26.4 Å². The average Bonchev–Trinajstić information content (AvgIpc) is 2.36. The minimum Gasteiger partial charge on any atom is -0.378 e. The summed E-state index contributed by atoms with van der Waals surface area (Å²) in [6, 6.07) is 0. The Kier molecular flexibility index (Phi) is 2.83. The van der Waals surface area contributed by atoms with Gasteiger partial charge < -0.3 is 4.74 Å². The van der Waals surface area contributed by atoms with Crippen LogP contribution in [0.5, 0.6) is 0 Å². The molecule has 1 aliphatic carbocycles. The summed E-state index contributed by atoms with van der Waals surface area (Å²) in [6.45, 7) is 4.70. The van der Waals surface area contributed by atoms with E-state index in [2.05, 4.69) is 0 Å². The van der Waals surface area contributed by atoms with Crippen LogP contribution in [0.1, 0.15) is 20.3 Å². The average molecular weight is 154 g/mol. The lowest BCUT2D eigenvalue weighted by molar-refractivity contribution is -0.115. The highest BCUT2D eigenvalue weighted by Crippen LogP contribution is 2.19. The summed E-state index contributed by atoms with van der Waals surface area (Å²) in [5, 5.41) is 0. The van der Waals surface area contributed by atoms with Crippen molar-refractivity contribution in [3.8, 4) is 0 Å². The number of ether oxygens (including phenoxy) is 1. The van der Waals surface area contributed by atoms with E-state index in [0.717, 1.165) is 6.61 Å². The normalized spacial score (nSPS) is 26.0. The molecule has 1 aliphatic rings. The molecule has 62 valence electrons. The van der Waals surface area contributed by atoms with Crippen LogP contribution in [0.4, 0.5) is 0 Å². The van der Waals surface area contributed by atoms with Crippen LogP contribution in [0.25, 0.3) is 0 Å². The van der Waals surface area contributed by atoms with Crippen LogP contribution >= 0.6 is 0 Å². The zero-order valence-corrected chi connectivity index (χ0v) is 7.04. The Hall–Kier alpha value is -0.630. The van der Waals surface area contributed by atoms with Crippen molar-refractivity contribution in [3.63, 3.8) is 0 Å². The lowest BCUT2D eigenvalue weighted by Gasteiger charge is -2.16. The number of carbonyl (C=O) groups is 1. The van der Waals surface area contributed by atoms with Crippen LogP contribution in [0, 0.1) is 5.92 Å². The molecule has 0 spiro atoms. The minimum atomic E-state index is 0.183. The molecule has 0 saturated carbocycles. The maximum absolute atomic E-state index is 10.8. The topological polar surface area (TPSA) is 26.3 Å². The van der Waals surface area contributed by atoms with E-state index in [1.54, 1.807) is 6.08 Å². The quantitative estimate of drug-likeness (QED) is 0.616. The Bertz CT molecular complexity index is 172. The molecular formula is C9H14O2. The molecule has 11 heavy (non-hydrogen) atoms. The molecule has 0 radical (unpaired) electrons. The molecule has 0 amide bonds. The summed E-state index contributed by atoms with van der Waals surface area (Å²) in [4.78, 5) is 10.8. The lowest BCUT2D eigenvalue weighted by Crippen LogP contribution is -2.18. The molecule has 0 aromatic carbocycles. The molecule has 0 aromatic heterocycles. The number of hydrogen-bond donors (Lipinski definition) is 0. The molecule has 0 fully saturated rings. The van der Waals surface area contributed by atoms with Gasteiger partial charge in [0.25, 0.3) is 0 Å². The molecule has 1 rings (SSSR count). The van der Waals surface area contributed by atoms with Gasteiger partial charge in [-0.2, -0.15) is 0 Å². The first-order valence-corrected chi connectivity index (χ1v) is 4.06. The van der Waals surface area contributed by atoms with Gasteiger partial charge in [-0.1, -0.05) is 6.08 Å². The van der Waals surface area contributed by atoms with Crippen molar-refractivity contribution in [3.05, 3.63) is 12.2 Å². The summed E-state index contributed by atoms with van der Waals surface area (Å²) in [5.41, 5.74) is 0. The fourth-order valence-electron chi connectivity index (χ4n) is 1.31. The molecule has 2 unspecified atom stereocenters. The molecule has 2 heteroatoms. The highest BCUT2D eigenvalue weighted by atomic mass is 16.5. The van der Waals surface area contributed by atoms with Gasteiger partial charge in [0.2, 0.25) is 0 Å². The standard InChI is InChI=1S/C9H14O2/c1-3-11-7(2)8-4-5-9(10)6-8/h4-5,7-8H,3,6H2,1-2H3. The molecule has 0 saturated heterocycles. The number of hydrogen-bond acceptors (Lipinski definition) is 2. The first-order valence-electron chi connectivity index (χ1n) is 4.06. The van der Waals surface area contributed by atoms with Gasteiger partial charge in [0.05, 0.1) is 6.10 Å². The molecular weight excluding hydrogens is 140 g/mol. The highest BCUT2D eigenvalue weighted by Gasteiger charge is 2.21. The van der Waals surface area contributed by atoms with Crippen molar-refractivity contribution in [2.75, 3.05) is 6.61 Å². The SMILES string of the molecule is CCOC(C)C1C=CC(=O)C1. The van der Waals surface area contributed by atoms with Gasteiger partial charge in [-0.05, 0) is 19.9 Å². The third kappa shape index (κ3) is 2.15. The van der Waals surface area contributed by atoms with Crippen LogP contribution in [-0.4, -0.2) is 18.5 Å². The summed E-state index contributed by atoms with van der Waals surface area (Å²) < 4.78 is 5.37. The van der Waals surface area contributed by atoms with Crippen LogP contribution in [0.15, 0.2) is 12.2 Å². The second-order valence-corrected chi connectivity index (χ2v) is 2.85. The third-order valence-corrected chi connectivity index (χ3v) is 2.00. The van der Waals surface area contributed by atoms with Gasteiger partial charge in [-0.25, -0.2) is 0 Å². The Balaban J connectivity index is 2.37. The number of ketones is 1. The smallest absolute Gasteiger partial charge is 0.156 e. The van der Waals surface area contributed by atoms with Gasteiger partial charge >= 0.3 is 0 Å². The van der Waals surface area contributed by atoms with Crippen LogP contribution < -0.4 is 0 Å². The summed E-state index contributed by atoms with van der Waals surface area (Å²) in [7, 11) is 0. The molecule has 2 atom stereocenters. The van der Waals surface area contributed by atoms with E-state index in [-0.39, 0.29) is 11.9 Å². The van der Waals surface area contributed by atoms with Gasteiger partial charge in [-0.15, -0.1) is 0 Å². The van der Waals surface area contributed by atoms with E-state index in [9.17, 15) is 4.79 Å². The lowest BCUT2D eigenvalue weighted by atomic mass is 10.0. The van der Waals surface area contributed by atoms with Crippen molar-refractivity contribution in [2.24, 2.45) is 5.92 Å². The molecule has 0 bridgehead atoms. The van der Waals surface area contributed by atoms with E-state index in [4.69, 9.17) is 4.74 Å². The minimum absolute atomic E-state index is 0.183. The van der Waals surface area contributed by atoms with Gasteiger partial charge in [0, 0.05) is 18.9 Å². The number of allylic oxidation sites excluding steroid dienone is 1. The molecule has 0 N–H and O–H groups in total. The Morgan fingerprint density at radius 2 is 2.55 bits per heavy atom. The largest absolute Gasteiger partial charge is 0.378 e. The second-order valence-electron chi connectivity index (χ2n) is 2.85. The predicted octanol–water partition coefficient (Wildman–Crippen LogP) is 1.56. The van der Waals surface area contributed by atoms with E-state index in [0.29, 0.717) is 12.3 Å². The van der Waals surface area contributed by atoms with Crippen LogP contribution in [0.2, 0.25) is 0 Å². The Morgan fingerprint density at radius 1 is 1.82 bits per heavy atom. The fraction of sp³-hybridized carbons (Fsp3) is 0.667. The molecule has 0 aliphatic heterocycles. The van der Waals surface area contributed by atoms with Gasteiger partial charge in [-0.3, -0.25) is 4.79 Å². The zero-order chi connectivity index (χ0) is 8.27. The monoisotopic (exact) mass is 154 g/mol. The van der Waals surface area contributed by atoms with Gasteiger partial charge in [0.15, 0.2) is 5.78 Å². The zero-order valence-electron chi connectivity index (χ0n) is 7.04. The molecule has 2 nitrogen and oxygen atoms in total. The van der Waals surface area contributed by atoms with Gasteiger partial charge in [0.1, 0.15) is 0 Å². The predicted molar refractivity (Wildman–Crippen MR) is 43.3 cm³/mol. The van der Waals surface area contributed by atoms with Crippen molar-refractivity contribution >= 4 is 5.78 Å². The molecule has 0 heterocycles. The Labute approximate surface area is 67.2 Å². The summed E-state index contributed by atoms with van der Waals surface area (Å²) >= 11 is 0. The summed E-state index contributed by atoms with van der Waals surface area (Å²) in [5.74, 6) is 0.531. The Morgan fingerprint density at radius 3 is 3.00 bits per heavy atom. The maximum Gasteiger partial charge on any atom is 0.156 e. The van der Waals surface area contributed by atoms with E-state index in [1.165, 1.54) is 0 Å². The fourth-order valence-corrected chi connectivity index (χ4v) is 1.31. The molecule has 0 aromatic rings. The van der Waals surface area contributed by atoms with Crippen LogP contribution in [-0.2, 0) is 9.53 Å². The first-order chi connectivity index (χ1) is 5.24. The number of carbonyl (C=O) groups excluding carboxylic acids is 1. The summed E-state index contributed by atoms with van der Waals surface area (Å²) in [6.07, 6.45) is 4.41. The maximum atomic E-state index is 10.8. The van der Waals surface area contributed by atoms with Crippen molar-refractivity contribution in [1.82, 2.24) is 0 Å². The first kappa shape index (κ1) is 8.47. The van der Waals surface area contributed by atoms with Crippen molar-refractivity contribution in [1.29, 1.82) is 0 Å². The highest BCUT2D eigenvalue weighted by molar-refractivity contribution is 5.92.